The first kappa shape index (κ1) is 12.0. The Labute approximate surface area is 118 Å². The van der Waals surface area contributed by atoms with Gasteiger partial charge in [-0.3, -0.25) is 0 Å². The minimum Gasteiger partial charge on any atom is -0.466 e. The van der Waals surface area contributed by atoms with E-state index in [9.17, 15) is 4.79 Å². The Bertz CT molecular complexity index is 623. The number of carbonyl (C=O) groups is 1. The van der Waals surface area contributed by atoms with Crippen LogP contribution in [0.25, 0.3) is 0 Å². The molecule has 2 unspecified atom stereocenters. The summed E-state index contributed by atoms with van der Waals surface area (Å²) in [5.74, 6) is -0.190. The van der Waals surface area contributed by atoms with Gasteiger partial charge in [-0.1, -0.05) is 18.2 Å². The lowest BCUT2D eigenvalue weighted by Gasteiger charge is -2.37. The maximum atomic E-state index is 12.1. The summed E-state index contributed by atoms with van der Waals surface area (Å²) in [7, 11) is 1.46. The molecule has 2 heterocycles. The highest BCUT2D eigenvalue weighted by Gasteiger charge is 2.55. The van der Waals surface area contributed by atoms with E-state index in [1.807, 2.05) is 6.07 Å². The Morgan fingerprint density at radius 2 is 2.25 bits per heavy atom. The van der Waals surface area contributed by atoms with Crippen molar-refractivity contribution in [3.63, 3.8) is 0 Å². The van der Waals surface area contributed by atoms with Gasteiger partial charge in [0, 0.05) is 17.4 Å². The van der Waals surface area contributed by atoms with E-state index in [1.54, 1.807) is 0 Å². The van der Waals surface area contributed by atoms with Crippen molar-refractivity contribution in [2.24, 2.45) is 0 Å². The van der Waals surface area contributed by atoms with Crippen molar-refractivity contribution in [3.05, 3.63) is 41.1 Å². The van der Waals surface area contributed by atoms with Crippen molar-refractivity contribution >= 4 is 11.7 Å². The third-order valence-corrected chi connectivity index (χ3v) is 5.03. The summed E-state index contributed by atoms with van der Waals surface area (Å²) in [6.07, 6.45) is 2.81. The molecule has 1 aromatic carbocycles. The van der Waals surface area contributed by atoms with E-state index in [0.717, 1.165) is 42.8 Å². The summed E-state index contributed by atoms with van der Waals surface area (Å²) in [5, 5.41) is 7.12. The first-order chi connectivity index (χ1) is 9.77. The predicted octanol–water partition coefficient (Wildman–Crippen LogP) is 1.93. The second-order valence-corrected chi connectivity index (χ2v) is 5.78. The number of fused-ring (bicyclic) bond motifs is 1. The molecule has 2 N–H and O–H groups in total. The zero-order valence-electron chi connectivity index (χ0n) is 11.5. The molecule has 1 aliphatic carbocycles. The molecule has 1 saturated heterocycles. The molecule has 20 heavy (non-hydrogen) atoms. The summed E-state index contributed by atoms with van der Waals surface area (Å²) < 4.78 is 4.98. The fourth-order valence-electron chi connectivity index (χ4n) is 4.21. The monoisotopic (exact) mass is 270 g/mol. The molecule has 0 saturated carbocycles. The third kappa shape index (κ3) is 1.32. The Kier molecular flexibility index (Phi) is 2.45. The van der Waals surface area contributed by atoms with Gasteiger partial charge in [-0.25, -0.2) is 4.79 Å². The van der Waals surface area contributed by atoms with Crippen LogP contribution >= 0.6 is 0 Å². The number of para-hydroxylation sites is 1. The highest BCUT2D eigenvalue weighted by atomic mass is 16.5. The summed E-state index contributed by atoms with van der Waals surface area (Å²) in [6.45, 7) is 0.999. The minimum atomic E-state index is -0.190. The molecule has 0 radical (unpaired) electrons. The van der Waals surface area contributed by atoms with Gasteiger partial charge in [0.05, 0.1) is 18.1 Å². The van der Waals surface area contributed by atoms with Crippen LogP contribution in [0.2, 0.25) is 0 Å². The molecule has 1 spiro atoms. The number of hydrogen-bond acceptors (Lipinski definition) is 4. The first-order valence-corrected chi connectivity index (χ1v) is 7.19. The van der Waals surface area contributed by atoms with E-state index in [4.69, 9.17) is 4.74 Å². The van der Waals surface area contributed by atoms with Crippen molar-refractivity contribution in [1.29, 1.82) is 0 Å². The number of benzene rings is 1. The summed E-state index contributed by atoms with van der Waals surface area (Å²) >= 11 is 0. The molecule has 4 rings (SSSR count). The van der Waals surface area contributed by atoms with Crippen molar-refractivity contribution < 1.29 is 9.53 Å². The second-order valence-electron chi connectivity index (χ2n) is 5.78. The van der Waals surface area contributed by atoms with Crippen LogP contribution in [0.15, 0.2) is 35.5 Å². The quantitative estimate of drug-likeness (QED) is 0.766. The number of esters is 1. The van der Waals surface area contributed by atoms with E-state index in [1.165, 1.54) is 12.7 Å². The van der Waals surface area contributed by atoms with E-state index < -0.39 is 0 Å². The molecule has 104 valence electrons. The van der Waals surface area contributed by atoms with Gasteiger partial charge in [0.25, 0.3) is 0 Å². The van der Waals surface area contributed by atoms with Gasteiger partial charge in [0.15, 0.2) is 0 Å². The highest BCUT2D eigenvalue weighted by Crippen LogP contribution is 2.54. The van der Waals surface area contributed by atoms with Crippen LogP contribution in [0.3, 0.4) is 0 Å². The molecular formula is C16H18N2O2. The van der Waals surface area contributed by atoms with E-state index >= 15 is 0 Å². The van der Waals surface area contributed by atoms with Crippen LogP contribution in [0.5, 0.6) is 0 Å². The average molecular weight is 270 g/mol. The number of carbonyl (C=O) groups excluding carboxylic acids is 1. The lowest BCUT2D eigenvalue weighted by Crippen LogP contribution is -2.44. The van der Waals surface area contributed by atoms with Gasteiger partial charge in [0.2, 0.25) is 0 Å². The van der Waals surface area contributed by atoms with E-state index in [2.05, 4.69) is 28.8 Å². The smallest absolute Gasteiger partial charge is 0.335 e. The van der Waals surface area contributed by atoms with Gasteiger partial charge in [-0.15, -0.1) is 0 Å². The number of anilines is 1. The van der Waals surface area contributed by atoms with Crippen LogP contribution in [0.4, 0.5) is 5.69 Å². The summed E-state index contributed by atoms with van der Waals surface area (Å²) in [4.78, 5) is 12.1. The standard InChI is InChI=1S/C16H18N2O2/c1-20-15(19)10-6-7-13-16(8-9-17-13)11-4-2-3-5-12(11)18-14(10)16/h2-5,13,17-18H,6-9H2,1H3. The molecule has 0 bridgehead atoms. The van der Waals surface area contributed by atoms with Crippen LogP contribution in [-0.4, -0.2) is 25.7 Å². The molecule has 0 amide bonds. The maximum Gasteiger partial charge on any atom is 0.335 e. The Hall–Kier alpha value is -1.81. The van der Waals surface area contributed by atoms with Gasteiger partial charge in [-0.05, 0) is 37.4 Å². The molecule has 4 nitrogen and oxygen atoms in total. The van der Waals surface area contributed by atoms with Gasteiger partial charge in [0.1, 0.15) is 0 Å². The molecule has 1 aromatic rings. The first-order valence-electron chi connectivity index (χ1n) is 7.19. The molecule has 4 heteroatoms. The van der Waals surface area contributed by atoms with Gasteiger partial charge >= 0.3 is 5.97 Å². The largest absolute Gasteiger partial charge is 0.466 e. The number of nitrogens with one attached hydrogen (secondary N) is 2. The summed E-state index contributed by atoms with van der Waals surface area (Å²) in [6, 6.07) is 8.83. The van der Waals surface area contributed by atoms with Gasteiger partial charge in [-0.2, -0.15) is 0 Å². The Morgan fingerprint density at radius 1 is 1.40 bits per heavy atom. The number of hydrogen-bond donors (Lipinski definition) is 2. The minimum absolute atomic E-state index is 0.0572. The number of rotatable bonds is 1. The van der Waals surface area contributed by atoms with Crippen molar-refractivity contribution in [3.8, 4) is 0 Å². The number of methoxy groups -OCH3 is 1. The lowest BCUT2D eigenvalue weighted by molar-refractivity contribution is -0.136. The van der Waals surface area contributed by atoms with Crippen LogP contribution in [0.1, 0.15) is 24.8 Å². The highest BCUT2D eigenvalue weighted by molar-refractivity contribution is 5.92. The zero-order valence-corrected chi connectivity index (χ0v) is 11.5. The maximum absolute atomic E-state index is 12.1. The fraction of sp³-hybridized carbons (Fsp3) is 0.438. The fourth-order valence-corrected chi connectivity index (χ4v) is 4.21. The molecule has 0 aromatic heterocycles. The normalized spacial score (nSPS) is 30.4. The van der Waals surface area contributed by atoms with Crippen molar-refractivity contribution in [1.82, 2.24) is 5.32 Å². The molecule has 1 fully saturated rings. The molecule has 3 aliphatic rings. The van der Waals surface area contributed by atoms with E-state index in [-0.39, 0.29) is 11.4 Å². The SMILES string of the molecule is COC(=O)C1=C2Nc3ccccc3C23CCNC3CC1. The Balaban J connectivity index is 1.96. The van der Waals surface area contributed by atoms with Crippen molar-refractivity contribution in [2.45, 2.75) is 30.7 Å². The summed E-state index contributed by atoms with van der Waals surface area (Å²) in [5.41, 5.74) is 4.30. The third-order valence-electron chi connectivity index (χ3n) is 5.03. The van der Waals surface area contributed by atoms with Crippen LogP contribution in [0, 0.1) is 0 Å². The molecule has 2 aliphatic heterocycles. The molecule has 2 atom stereocenters. The van der Waals surface area contributed by atoms with Crippen LogP contribution < -0.4 is 10.6 Å². The topological polar surface area (TPSA) is 50.4 Å². The van der Waals surface area contributed by atoms with Gasteiger partial charge < -0.3 is 15.4 Å². The second kappa shape index (κ2) is 4.09. The van der Waals surface area contributed by atoms with Crippen molar-refractivity contribution in [2.75, 3.05) is 19.0 Å². The zero-order chi connectivity index (χ0) is 13.7. The average Bonchev–Trinajstić information content (AvgIpc) is 3.06. The number of ether oxygens (including phenoxy) is 1. The predicted molar refractivity (Wildman–Crippen MR) is 76.4 cm³/mol. The lowest BCUT2D eigenvalue weighted by atomic mass is 9.67. The van der Waals surface area contributed by atoms with Crippen LogP contribution in [-0.2, 0) is 14.9 Å². The Morgan fingerprint density at radius 3 is 3.10 bits per heavy atom. The molecular weight excluding hydrogens is 252 g/mol. The van der Waals surface area contributed by atoms with E-state index in [0.29, 0.717) is 6.04 Å².